The highest BCUT2D eigenvalue weighted by Gasteiger charge is 2.19. The summed E-state index contributed by atoms with van der Waals surface area (Å²) in [5.74, 6) is 0.492. The molecule has 0 fully saturated rings. The molecular formula is C20H23N3O4S. The highest BCUT2D eigenvalue weighted by molar-refractivity contribution is 7.20. The van der Waals surface area contributed by atoms with E-state index in [1.807, 2.05) is 6.92 Å². The predicted octanol–water partition coefficient (Wildman–Crippen LogP) is 3.45. The fraction of sp³-hybridized carbons (Fsp3) is 0.350. The van der Waals surface area contributed by atoms with E-state index in [2.05, 4.69) is 10.3 Å². The van der Waals surface area contributed by atoms with Crippen LogP contribution in [-0.2, 0) is 11.3 Å². The van der Waals surface area contributed by atoms with E-state index in [0.717, 1.165) is 12.2 Å². The van der Waals surface area contributed by atoms with Crippen molar-refractivity contribution in [1.29, 1.82) is 0 Å². The van der Waals surface area contributed by atoms with E-state index in [0.29, 0.717) is 46.1 Å². The van der Waals surface area contributed by atoms with Gasteiger partial charge in [0.05, 0.1) is 23.2 Å². The Morgan fingerprint density at radius 3 is 2.71 bits per heavy atom. The number of benzene rings is 1. The van der Waals surface area contributed by atoms with Crippen molar-refractivity contribution < 1.29 is 14.3 Å². The number of ether oxygens (including phenoxy) is 2. The Kier molecular flexibility index (Phi) is 6.43. The highest BCUT2D eigenvalue weighted by Crippen LogP contribution is 2.28. The number of anilines is 1. The van der Waals surface area contributed by atoms with Crippen LogP contribution in [-0.4, -0.2) is 35.8 Å². The standard InChI is InChI=1S/C20H23N3O4S/c1-4-27-15-8-6-14(7-9-15)22-18(24)17-13(2)16-19(28-17)21-12-23(20(16)25)10-5-11-26-3/h6-9,12H,4-5,10-11H2,1-3H3,(H,22,24). The molecule has 0 unspecified atom stereocenters. The number of amides is 1. The number of fused-ring (bicyclic) bond motifs is 1. The second-order valence-electron chi connectivity index (χ2n) is 6.24. The minimum atomic E-state index is -0.255. The lowest BCUT2D eigenvalue weighted by atomic mass is 10.2. The maximum atomic E-state index is 12.8. The molecule has 7 nitrogen and oxygen atoms in total. The molecule has 148 valence electrons. The summed E-state index contributed by atoms with van der Waals surface area (Å²) in [6.07, 6.45) is 2.25. The average Bonchev–Trinajstić information content (AvgIpc) is 3.03. The maximum absolute atomic E-state index is 12.8. The molecule has 0 bridgehead atoms. The molecule has 0 aliphatic carbocycles. The number of rotatable bonds is 8. The number of nitrogens with one attached hydrogen (secondary N) is 1. The Labute approximate surface area is 166 Å². The minimum absolute atomic E-state index is 0.130. The van der Waals surface area contributed by atoms with Crippen LogP contribution >= 0.6 is 11.3 Å². The van der Waals surface area contributed by atoms with Crippen LogP contribution in [0.3, 0.4) is 0 Å². The third-order valence-electron chi connectivity index (χ3n) is 4.29. The number of nitrogens with zero attached hydrogens (tertiary/aromatic N) is 2. The van der Waals surface area contributed by atoms with Crippen molar-refractivity contribution >= 4 is 33.1 Å². The smallest absolute Gasteiger partial charge is 0.266 e. The predicted molar refractivity (Wildman–Crippen MR) is 111 cm³/mol. The summed E-state index contributed by atoms with van der Waals surface area (Å²) in [6.45, 7) is 5.39. The zero-order valence-corrected chi connectivity index (χ0v) is 17.0. The first-order chi connectivity index (χ1) is 13.5. The second kappa shape index (κ2) is 8.99. The Morgan fingerprint density at radius 1 is 1.29 bits per heavy atom. The summed E-state index contributed by atoms with van der Waals surface area (Å²) in [5.41, 5.74) is 1.19. The number of carbonyl (C=O) groups excluding carboxylic acids is 1. The molecule has 0 radical (unpaired) electrons. The molecule has 0 spiro atoms. The van der Waals surface area contributed by atoms with Gasteiger partial charge in [-0.25, -0.2) is 4.98 Å². The number of aromatic nitrogens is 2. The number of thiophene rings is 1. The molecule has 0 saturated heterocycles. The van der Waals surface area contributed by atoms with Crippen molar-refractivity contribution in [1.82, 2.24) is 9.55 Å². The first-order valence-corrected chi connectivity index (χ1v) is 9.88. The number of methoxy groups -OCH3 is 1. The van der Waals surface area contributed by atoms with Gasteiger partial charge in [0.25, 0.3) is 11.5 Å². The van der Waals surface area contributed by atoms with Gasteiger partial charge in [0, 0.05) is 25.9 Å². The van der Waals surface area contributed by atoms with E-state index in [9.17, 15) is 9.59 Å². The topological polar surface area (TPSA) is 82.4 Å². The molecule has 0 atom stereocenters. The van der Waals surface area contributed by atoms with Gasteiger partial charge >= 0.3 is 0 Å². The van der Waals surface area contributed by atoms with Crippen LogP contribution in [0.2, 0.25) is 0 Å². The lowest BCUT2D eigenvalue weighted by molar-refractivity contribution is 0.103. The highest BCUT2D eigenvalue weighted by atomic mass is 32.1. The van der Waals surface area contributed by atoms with Crippen LogP contribution in [0.1, 0.15) is 28.6 Å². The van der Waals surface area contributed by atoms with Crippen molar-refractivity contribution in [2.24, 2.45) is 0 Å². The van der Waals surface area contributed by atoms with Crippen molar-refractivity contribution in [3.63, 3.8) is 0 Å². The van der Waals surface area contributed by atoms with Gasteiger partial charge < -0.3 is 14.8 Å². The van der Waals surface area contributed by atoms with E-state index in [4.69, 9.17) is 9.47 Å². The van der Waals surface area contributed by atoms with E-state index in [1.54, 1.807) is 42.9 Å². The molecule has 0 aliphatic rings. The van der Waals surface area contributed by atoms with Crippen LogP contribution < -0.4 is 15.6 Å². The molecule has 3 aromatic rings. The molecule has 2 aromatic heterocycles. The first kappa shape index (κ1) is 20.0. The fourth-order valence-electron chi connectivity index (χ4n) is 2.90. The number of aryl methyl sites for hydroxylation is 2. The molecule has 8 heteroatoms. The van der Waals surface area contributed by atoms with Crippen LogP contribution in [0.5, 0.6) is 5.75 Å². The van der Waals surface area contributed by atoms with E-state index < -0.39 is 0 Å². The largest absolute Gasteiger partial charge is 0.494 e. The zero-order chi connectivity index (χ0) is 20.1. The van der Waals surface area contributed by atoms with Crippen LogP contribution in [0, 0.1) is 6.92 Å². The Bertz CT molecular complexity index is 1020. The maximum Gasteiger partial charge on any atom is 0.266 e. The number of hydrogen-bond acceptors (Lipinski definition) is 6. The van der Waals surface area contributed by atoms with Gasteiger partial charge in [-0.15, -0.1) is 11.3 Å². The fourth-order valence-corrected chi connectivity index (χ4v) is 3.94. The molecule has 0 saturated carbocycles. The molecule has 28 heavy (non-hydrogen) atoms. The third-order valence-corrected chi connectivity index (χ3v) is 5.49. The van der Waals surface area contributed by atoms with Gasteiger partial charge in [-0.2, -0.15) is 0 Å². The summed E-state index contributed by atoms with van der Waals surface area (Å²) in [5, 5.41) is 3.37. The molecule has 3 rings (SSSR count). The summed E-state index contributed by atoms with van der Waals surface area (Å²) < 4.78 is 12.0. The molecule has 1 aromatic carbocycles. The molecule has 0 aliphatic heterocycles. The van der Waals surface area contributed by atoms with Crippen LogP contribution in [0.25, 0.3) is 10.2 Å². The van der Waals surface area contributed by atoms with Crippen molar-refractivity contribution in [2.75, 3.05) is 25.6 Å². The van der Waals surface area contributed by atoms with Crippen LogP contribution in [0.15, 0.2) is 35.4 Å². The normalized spacial score (nSPS) is 11.0. The van der Waals surface area contributed by atoms with Gasteiger partial charge in [0.15, 0.2) is 0 Å². The van der Waals surface area contributed by atoms with Crippen LogP contribution in [0.4, 0.5) is 5.69 Å². The SMILES string of the molecule is CCOc1ccc(NC(=O)c2sc3ncn(CCCOC)c(=O)c3c2C)cc1. The zero-order valence-electron chi connectivity index (χ0n) is 16.2. The van der Waals surface area contributed by atoms with Gasteiger partial charge in [0.1, 0.15) is 10.6 Å². The summed E-state index contributed by atoms with van der Waals surface area (Å²) >= 11 is 1.23. The Balaban J connectivity index is 1.84. The molecule has 2 heterocycles. The summed E-state index contributed by atoms with van der Waals surface area (Å²) in [6, 6.07) is 7.17. The molecule has 1 N–H and O–H groups in total. The van der Waals surface area contributed by atoms with E-state index >= 15 is 0 Å². The van der Waals surface area contributed by atoms with Crippen molar-refractivity contribution in [3.8, 4) is 5.75 Å². The quantitative estimate of drug-likeness (QED) is 0.585. The van der Waals surface area contributed by atoms with Gasteiger partial charge in [-0.1, -0.05) is 0 Å². The van der Waals surface area contributed by atoms with Crippen molar-refractivity contribution in [2.45, 2.75) is 26.8 Å². The third kappa shape index (κ3) is 4.23. The first-order valence-electron chi connectivity index (χ1n) is 9.06. The van der Waals surface area contributed by atoms with E-state index in [1.165, 1.54) is 17.7 Å². The number of hydrogen-bond donors (Lipinski definition) is 1. The monoisotopic (exact) mass is 401 g/mol. The summed E-state index contributed by atoms with van der Waals surface area (Å²) in [4.78, 5) is 30.9. The summed E-state index contributed by atoms with van der Waals surface area (Å²) in [7, 11) is 1.63. The van der Waals surface area contributed by atoms with Gasteiger partial charge in [-0.3, -0.25) is 14.2 Å². The molecule has 1 amide bonds. The minimum Gasteiger partial charge on any atom is -0.494 e. The van der Waals surface area contributed by atoms with Crippen molar-refractivity contribution in [3.05, 3.63) is 51.4 Å². The lowest BCUT2D eigenvalue weighted by Gasteiger charge is -2.07. The van der Waals surface area contributed by atoms with Gasteiger partial charge in [0.2, 0.25) is 0 Å². The second-order valence-corrected chi connectivity index (χ2v) is 7.24. The van der Waals surface area contributed by atoms with Gasteiger partial charge in [-0.05, 0) is 50.1 Å². The Hall–Kier alpha value is -2.71. The number of carbonyl (C=O) groups is 1. The Morgan fingerprint density at radius 2 is 2.04 bits per heavy atom. The lowest BCUT2D eigenvalue weighted by Crippen LogP contribution is -2.21. The molecular weight excluding hydrogens is 378 g/mol. The van der Waals surface area contributed by atoms with E-state index in [-0.39, 0.29) is 11.5 Å². The average molecular weight is 401 g/mol.